The molecule has 0 aliphatic rings. The molecule has 5 heteroatoms. The zero-order valence-electron chi connectivity index (χ0n) is 10.1. The van der Waals surface area contributed by atoms with Crippen LogP contribution in [0.25, 0.3) is 11.1 Å². The number of carbonyl (C=O) groups excluding carboxylic acids is 1. The molecule has 2 aromatic rings. The Morgan fingerprint density at radius 3 is 2.50 bits per heavy atom. The van der Waals surface area contributed by atoms with Gasteiger partial charge in [-0.2, -0.15) is 0 Å². The van der Waals surface area contributed by atoms with E-state index in [2.05, 4.69) is 14.7 Å². The van der Waals surface area contributed by atoms with Gasteiger partial charge in [-0.1, -0.05) is 0 Å². The van der Waals surface area contributed by atoms with Crippen molar-refractivity contribution in [3.05, 3.63) is 42.5 Å². The first-order valence-electron chi connectivity index (χ1n) is 5.28. The van der Waals surface area contributed by atoms with Gasteiger partial charge in [-0.3, -0.25) is 0 Å². The molecule has 0 bridgehead atoms. The molecular formula is C13H12N2O3. The first kappa shape index (κ1) is 12.0. The molecular weight excluding hydrogens is 232 g/mol. The van der Waals surface area contributed by atoms with E-state index in [4.69, 9.17) is 4.74 Å². The second kappa shape index (κ2) is 5.27. The average Bonchev–Trinajstić information content (AvgIpc) is 2.46. The lowest BCUT2D eigenvalue weighted by molar-refractivity contribution is 0.0601. The first-order chi connectivity index (χ1) is 8.76. The van der Waals surface area contributed by atoms with E-state index in [1.54, 1.807) is 37.7 Å². The van der Waals surface area contributed by atoms with Crippen LogP contribution >= 0.6 is 0 Å². The molecule has 0 saturated carbocycles. The maximum absolute atomic E-state index is 11.5. The Labute approximate surface area is 104 Å². The molecule has 0 saturated heterocycles. The molecule has 0 aliphatic heterocycles. The lowest BCUT2D eigenvalue weighted by Gasteiger charge is -2.09. The van der Waals surface area contributed by atoms with E-state index in [-0.39, 0.29) is 0 Å². The van der Waals surface area contributed by atoms with Crippen molar-refractivity contribution in [2.45, 2.75) is 0 Å². The van der Waals surface area contributed by atoms with Crippen molar-refractivity contribution < 1.29 is 14.3 Å². The molecule has 0 atom stereocenters. The van der Waals surface area contributed by atoms with Crippen LogP contribution in [0, 0.1) is 0 Å². The molecule has 2 rings (SSSR count). The summed E-state index contributed by atoms with van der Waals surface area (Å²) in [5, 5.41) is 0. The van der Waals surface area contributed by atoms with Crippen LogP contribution in [0.4, 0.5) is 0 Å². The molecule has 0 aliphatic carbocycles. The maximum Gasteiger partial charge on any atom is 0.337 e. The number of nitrogens with zero attached hydrogens (tertiary/aromatic N) is 2. The number of rotatable bonds is 3. The van der Waals surface area contributed by atoms with Crippen LogP contribution in [0.15, 0.2) is 36.9 Å². The summed E-state index contributed by atoms with van der Waals surface area (Å²) in [5.41, 5.74) is 1.98. The van der Waals surface area contributed by atoms with Crippen LogP contribution in [0.2, 0.25) is 0 Å². The zero-order chi connectivity index (χ0) is 13.0. The van der Waals surface area contributed by atoms with Crippen LogP contribution in [-0.2, 0) is 4.74 Å². The molecule has 18 heavy (non-hydrogen) atoms. The highest BCUT2D eigenvalue weighted by molar-refractivity contribution is 5.91. The highest BCUT2D eigenvalue weighted by atomic mass is 16.5. The molecule has 0 radical (unpaired) electrons. The van der Waals surface area contributed by atoms with Gasteiger partial charge in [0.2, 0.25) is 0 Å². The van der Waals surface area contributed by atoms with E-state index in [1.807, 2.05) is 0 Å². The number of ether oxygens (including phenoxy) is 2. The predicted octanol–water partition coefficient (Wildman–Crippen LogP) is 1.94. The Balaban J connectivity index is 2.53. The van der Waals surface area contributed by atoms with Crippen LogP contribution in [-0.4, -0.2) is 30.2 Å². The molecule has 92 valence electrons. The van der Waals surface area contributed by atoms with Gasteiger partial charge in [-0.25, -0.2) is 14.8 Å². The predicted molar refractivity (Wildman–Crippen MR) is 65.4 cm³/mol. The molecule has 1 aromatic carbocycles. The summed E-state index contributed by atoms with van der Waals surface area (Å²) in [5.74, 6) is 0.258. The van der Waals surface area contributed by atoms with Gasteiger partial charge in [-0.15, -0.1) is 0 Å². The third-order valence-electron chi connectivity index (χ3n) is 2.49. The summed E-state index contributed by atoms with van der Waals surface area (Å²) >= 11 is 0. The van der Waals surface area contributed by atoms with Gasteiger partial charge < -0.3 is 9.47 Å². The summed E-state index contributed by atoms with van der Waals surface area (Å²) in [6.45, 7) is 0. The van der Waals surface area contributed by atoms with Crippen LogP contribution in [0.1, 0.15) is 10.4 Å². The second-order valence-corrected chi connectivity index (χ2v) is 3.53. The number of methoxy groups -OCH3 is 2. The molecule has 0 amide bonds. The third-order valence-corrected chi connectivity index (χ3v) is 2.49. The minimum atomic E-state index is -0.393. The summed E-state index contributed by atoms with van der Waals surface area (Å²) < 4.78 is 9.95. The van der Waals surface area contributed by atoms with E-state index in [0.717, 1.165) is 11.1 Å². The lowest BCUT2D eigenvalue weighted by Crippen LogP contribution is -2.02. The number of benzene rings is 1. The smallest absolute Gasteiger partial charge is 0.337 e. The summed E-state index contributed by atoms with van der Waals surface area (Å²) in [7, 11) is 2.91. The minimum Gasteiger partial charge on any atom is -0.496 e. The van der Waals surface area contributed by atoms with Crippen LogP contribution in [0.3, 0.4) is 0 Å². The quantitative estimate of drug-likeness (QED) is 0.772. The minimum absolute atomic E-state index is 0.393. The van der Waals surface area contributed by atoms with Crippen molar-refractivity contribution >= 4 is 5.97 Å². The highest BCUT2D eigenvalue weighted by Crippen LogP contribution is 2.30. The largest absolute Gasteiger partial charge is 0.496 e. The van der Waals surface area contributed by atoms with E-state index in [1.165, 1.54) is 13.4 Å². The van der Waals surface area contributed by atoms with Gasteiger partial charge in [0.15, 0.2) is 0 Å². The molecule has 0 spiro atoms. The van der Waals surface area contributed by atoms with Gasteiger partial charge >= 0.3 is 5.97 Å². The number of aromatic nitrogens is 2. The maximum atomic E-state index is 11.5. The van der Waals surface area contributed by atoms with E-state index in [9.17, 15) is 4.79 Å². The van der Waals surface area contributed by atoms with Crippen molar-refractivity contribution in [1.82, 2.24) is 9.97 Å². The lowest BCUT2D eigenvalue weighted by atomic mass is 10.0. The topological polar surface area (TPSA) is 61.3 Å². The fraction of sp³-hybridized carbons (Fsp3) is 0.154. The van der Waals surface area contributed by atoms with Gasteiger partial charge in [0.25, 0.3) is 0 Å². The fourth-order valence-electron chi connectivity index (χ4n) is 1.62. The van der Waals surface area contributed by atoms with Gasteiger partial charge in [0.1, 0.15) is 12.1 Å². The van der Waals surface area contributed by atoms with Crippen molar-refractivity contribution in [2.24, 2.45) is 0 Å². The Bertz CT molecular complexity index is 555. The van der Waals surface area contributed by atoms with Crippen molar-refractivity contribution in [2.75, 3.05) is 14.2 Å². The van der Waals surface area contributed by atoms with E-state index < -0.39 is 5.97 Å². The zero-order valence-corrected chi connectivity index (χ0v) is 10.1. The SMILES string of the molecule is COC(=O)c1ccc(OC)c(-c2cncnc2)c1. The van der Waals surface area contributed by atoms with Crippen molar-refractivity contribution in [3.8, 4) is 16.9 Å². The second-order valence-electron chi connectivity index (χ2n) is 3.53. The van der Waals surface area contributed by atoms with Gasteiger partial charge in [-0.05, 0) is 18.2 Å². The summed E-state index contributed by atoms with van der Waals surface area (Å²) in [4.78, 5) is 19.4. The molecule has 0 unspecified atom stereocenters. The van der Waals surface area contributed by atoms with Crippen molar-refractivity contribution in [1.29, 1.82) is 0 Å². The molecule has 1 heterocycles. The standard InChI is InChI=1S/C13H12N2O3/c1-17-12-4-3-9(13(16)18-2)5-11(12)10-6-14-8-15-7-10/h3-8H,1-2H3. The van der Waals surface area contributed by atoms with Crippen LogP contribution in [0.5, 0.6) is 5.75 Å². The Hall–Kier alpha value is -2.43. The number of hydrogen-bond acceptors (Lipinski definition) is 5. The Kier molecular flexibility index (Phi) is 3.52. The summed E-state index contributed by atoms with van der Waals surface area (Å²) in [6.07, 6.45) is 4.76. The van der Waals surface area contributed by atoms with Gasteiger partial charge in [0, 0.05) is 23.5 Å². The number of esters is 1. The molecule has 0 N–H and O–H groups in total. The molecule has 1 aromatic heterocycles. The van der Waals surface area contributed by atoms with E-state index in [0.29, 0.717) is 11.3 Å². The van der Waals surface area contributed by atoms with Gasteiger partial charge in [0.05, 0.1) is 19.8 Å². The third kappa shape index (κ3) is 2.29. The van der Waals surface area contributed by atoms with Crippen molar-refractivity contribution in [3.63, 3.8) is 0 Å². The summed E-state index contributed by atoms with van der Waals surface area (Å²) in [6, 6.07) is 5.07. The highest BCUT2D eigenvalue weighted by Gasteiger charge is 2.12. The molecule has 0 fully saturated rings. The molecule has 5 nitrogen and oxygen atoms in total. The fourth-order valence-corrected chi connectivity index (χ4v) is 1.62. The average molecular weight is 244 g/mol. The number of carbonyl (C=O) groups is 1. The van der Waals surface area contributed by atoms with Crippen LogP contribution < -0.4 is 4.74 Å². The Morgan fingerprint density at radius 2 is 1.89 bits per heavy atom. The number of hydrogen-bond donors (Lipinski definition) is 0. The normalized spacial score (nSPS) is 9.89. The Morgan fingerprint density at radius 1 is 1.17 bits per heavy atom. The van der Waals surface area contributed by atoms with E-state index >= 15 is 0 Å². The monoisotopic (exact) mass is 244 g/mol. The first-order valence-corrected chi connectivity index (χ1v) is 5.28.